The van der Waals surface area contributed by atoms with Crippen molar-refractivity contribution in [3.63, 3.8) is 0 Å². The Morgan fingerprint density at radius 3 is 0.828 bits per heavy atom. The van der Waals surface area contributed by atoms with Crippen LogP contribution in [0.15, 0.2) is 121 Å². The highest BCUT2D eigenvalue weighted by Gasteiger charge is 2.57. The van der Waals surface area contributed by atoms with Crippen LogP contribution in [0, 0.1) is 0 Å². The second-order valence-electron chi connectivity index (χ2n) is 6.97. The van der Waals surface area contributed by atoms with Crippen LogP contribution in [0.5, 0.6) is 0 Å². The van der Waals surface area contributed by atoms with Gasteiger partial charge in [-0.25, -0.2) is 0 Å². The fourth-order valence-corrected chi connectivity index (χ4v) is 3.75. The van der Waals surface area contributed by atoms with Crippen molar-refractivity contribution in [3.8, 4) is 0 Å². The number of rotatable bonds is 4. The molecular weight excluding hydrogens is 360 g/mol. The second-order valence-corrected chi connectivity index (χ2v) is 6.97. The molecule has 3 nitrogen and oxygen atoms in total. The normalized spacial score (nSPS) is 17.1. The molecule has 0 spiro atoms. The molecule has 1 fully saturated rings. The molecule has 1 aliphatic heterocycles. The van der Waals surface area contributed by atoms with Gasteiger partial charge in [0.1, 0.15) is 0 Å². The van der Waals surface area contributed by atoms with E-state index in [1.165, 1.54) is 0 Å². The highest BCUT2D eigenvalue weighted by atomic mass is 17.3. The molecule has 3 heteroatoms. The average molecular weight is 380 g/mol. The van der Waals surface area contributed by atoms with E-state index >= 15 is 0 Å². The summed E-state index contributed by atoms with van der Waals surface area (Å²) in [6.45, 7) is 0. The first-order chi connectivity index (χ1) is 14.3. The minimum Gasteiger partial charge on any atom is -0.296 e. The first-order valence-corrected chi connectivity index (χ1v) is 9.63. The minimum atomic E-state index is -1.20. The molecular formula is C26H20O3. The van der Waals surface area contributed by atoms with Gasteiger partial charge in [-0.1, -0.05) is 121 Å². The molecule has 4 aromatic rings. The van der Waals surface area contributed by atoms with Crippen molar-refractivity contribution in [3.05, 3.63) is 144 Å². The molecule has 0 unspecified atom stereocenters. The van der Waals surface area contributed by atoms with Gasteiger partial charge in [0.2, 0.25) is 0 Å². The van der Waals surface area contributed by atoms with Crippen LogP contribution >= 0.6 is 0 Å². The lowest BCUT2D eigenvalue weighted by Gasteiger charge is -2.30. The van der Waals surface area contributed by atoms with Crippen LogP contribution in [0.1, 0.15) is 22.3 Å². The quantitative estimate of drug-likeness (QED) is 0.421. The van der Waals surface area contributed by atoms with Gasteiger partial charge < -0.3 is 0 Å². The number of benzene rings is 4. The zero-order valence-electron chi connectivity index (χ0n) is 15.8. The molecule has 5 rings (SSSR count). The Bertz CT molecular complexity index is 896. The van der Waals surface area contributed by atoms with Crippen LogP contribution in [0.25, 0.3) is 0 Å². The predicted molar refractivity (Wildman–Crippen MR) is 111 cm³/mol. The van der Waals surface area contributed by atoms with Crippen molar-refractivity contribution in [1.29, 1.82) is 0 Å². The first-order valence-electron chi connectivity index (χ1n) is 9.63. The van der Waals surface area contributed by atoms with Crippen LogP contribution in [0.3, 0.4) is 0 Å². The van der Waals surface area contributed by atoms with Crippen LogP contribution < -0.4 is 0 Å². The third-order valence-corrected chi connectivity index (χ3v) is 5.18. The zero-order valence-corrected chi connectivity index (χ0v) is 15.8. The Balaban J connectivity index is 1.72. The van der Waals surface area contributed by atoms with Gasteiger partial charge in [-0.15, -0.1) is 0 Å². The van der Waals surface area contributed by atoms with Gasteiger partial charge in [0, 0.05) is 22.3 Å². The van der Waals surface area contributed by atoms with E-state index in [9.17, 15) is 0 Å². The summed E-state index contributed by atoms with van der Waals surface area (Å²) in [4.78, 5) is 12.2. The van der Waals surface area contributed by atoms with Crippen molar-refractivity contribution in [2.45, 2.75) is 11.6 Å². The van der Waals surface area contributed by atoms with E-state index in [-0.39, 0.29) is 0 Å². The van der Waals surface area contributed by atoms with E-state index in [0.29, 0.717) is 0 Å². The summed E-state index contributed by atoms with van der Waals surface area (Å²) in [7, 11) is 0. The van der Waals surface area contributed by atoms with Crippen LogP contribution in [0.4, 0.5) is 0 Å². The van der Waals surface area contributed by atoms with Crippen molar-refractivity contribution in [2.24, 2.45) is 0 Å². The molecule has 0 radical (unpaired) electrons. The summed E-state index contributed by atoms with van der Waals surface area (Å²) in [5.41, 5.74) is 3.44. The summed E-state index contributed by atoms with van der Waals surface area (Å²) in [6.07, 6.45) is 0. The van der Waals surface area contributed by atoms with Crippen molar-refractivity contribution in [2.75, 3.05) is 0 Å². The summed E-state index contributed by atoms with van der Waals surface area (Å²) in [6, 6.07) is 39.6. The lowest BCUT2D eigenvalue weighted by molar-refractivity contribution is -0.341. The van der Waals surface area contributed by atoms with Crippen molar-refractivity contribution >= 4 is 0 Å². The van der Waals surface area contributed by atoms with Crippen molar-refractivity contribution < 1.29 is 14.5 Å². The van der Waals surface area contributed by atoms with Gasteiger partial charge in [-0.3, -0.25) is 4.74 Å². The van der Waals surface area contributed by atoms with Crippen LogP contribution in [-0.4, -0.2) is 0 Å². The maximum absolute atomic E-state index is 6.84. The molecule has 1 aliphatic rings. The molecule has 0 bridgehead atoms. The van der Waals surface area contributed by atoms with Crippen molar-refractivity contribution in [1.82, 2.24) is 0 Å². The maximum Gasteiger partial charge on any atom is 0.257 e. The summed E-state index contributed by atoms with van der Waals surface area (Å²) < 4.78 is 6.84. The van der Waals surface area contributed by atoms with E-state index in [0.717, 1.165) is 22.3 Å². The predicted octanol–water partition coefficient (Wildman–Crippen LogP) is 5.77. The summed E-state index contributed by atoms with van der Waals surface area (Å²) in [5.74, 6) is -2.40. The lowest BCUT2D eigenvalue weighted by Crippen LogP contribution is -2.35. The smallest absolute Gasteiger partial charge is 0.257 e. The van der Waals surface area contributed by atoms with E-state index < -0.39 is 11.6 Å². The van der Waals surface area contributed by atoms with Gasteiger partial charge in [0.05, 0.1) is 0 Å². The number of ether oxygens (including phenoxy) is 1. The Labute approximate surface area is 170 Å². The van der Waals surface area contributed by atoms with Gasteiger partial charge in [0.15, 0.2) is 0 Å². The summed E-state index contributed by atoms with van der Waals surface area (Å²) >= 11 is 0. The third-order valence-electron chi connectivity index (χ3n) is 5.18. The standard InChI is InChI=1S/C26H20O3/c1-5-13-21(14-6-1)25(22-15-7-2-8-16-22)27-26(29-28-25,23-17-9-3-10-18-23)24-19-11-4-12-20-24/h1-20H. The number of hydrogen-bond donors (Lipinski definition) is 0. The minimum absolute atomic E-state index is 0.861. The van der Waals surface area contributed by atoms with Gasteiger partial charge in [0.25, 0.3) is 11.6 Å². The Morgan fingerprint density at radius 2 is 0.586 bits per heavy atom. The topological polar surface area (TPSA) is 27.7 Å². The molecule has 0 aromatic heterocycles. The van der Waals surface area contributed by atoms with Crippen LogP contribution in [-0.2, 0) is 26.1 Å². The molecule has 142 valence electrons. The fraction of sp³-hybridized carbons (Fsp3) is 0.0769. The Kier molecular flexibility index (Phi) is 4.49. The molecule has 1 saturated heterocycles. The fourth-order valence-electron chi connectivity index (χ4n) is 3.75. The maximum atomic E-state index is 6.84. The van der Waals surface area contributed by atoms with Gasteiger partial charge in [-0.2, -0.15) is 9.78 Å². The lowest BCUT2D eigenvalue weighted by atomic mass is 9.94. The average Bonchev–Trinajstić information content (AvgIpc) is 3.25. The van der Waals surface area contributed by atoms with Crippen LogP contribution in [0.2, 0.25) is 0 Å². The zero-order chi connectivity index (χ0) is 19.6. The largest absolute Gasteiger partial charge is 0.296 e. The van der Waals surface area contributed by atoms with E-state index in [1.807, 2.05) is 121 Å². The molecule has 0 amide bonds. The monoisotopic (exact) mass is 380 g/mol. The van der Waals surface area contributed by atoms with Gasteiger partial charge >= 0.3 is 0 Å². The molecule has 4 aromatic carbocycles. The molecule has 1 heterocycles. The molecule has 0 aliphatic carbocycles. The van der Waals surface area contributed by atoms with E-state index in [2.05, 4.69) is 0 Å². The second kappa shape index (κ2) is 7.30. The highest BCUT2D eigenvalue weighted by molar-refractivity contribution is 5.39. The van der Waals surface area contributed by atoms with E-state index in [4.69, 9.17) is 14.5 Å². The number of hydrogen-bond acceptors (Lipinski definition) is 3. The molecule has 0 saturated carbocycles. The Morgan fingerprint density at radius 1 is 0.345 bits per heavy atom. The van der Waals surface area contributed by atoms with E-state index in [1.54, 1.807) is 0 Å². The first kappa shape index (κ1) is 17.8. The molecule has 0 N–H and O–H groups in total. The Hall–Kier alpha value is -3.24. The SMILES string of the molecule is c1ccc(C2(c3ccccc3)OOC(c3ccccc3)(c3ccccc3)O2)cc1. The highest BCUT2D eigenvalue weighted by Crippen LogP contribution is 2.52. The molecule has 29 heavy (non-hydrogen) atoms. The third kappa shape index (κ3) is 2.97. The summed E-state index contributed by atoms with van der Waals surface area (Å²) in [5, 5.41) is 0. The van der Waals surface area contributed by atoms with Gasteiger partial charge in [-0.05, 0) is 0 Å². The molecule has 0 atom stereocenters.